The predicted molar refractivity (Wildman–Crippen MR) is 101 cm³/mol. The number of carbonyl (C=O) groups excluding carboxylic acids is 1. The van der Waals surface area contributed by atoms with Crippen molar-refractivity contribution in [3.63, 3.8) is 0 Å². The first-order valence-electron chi connectivity index (χ1n) is 8.98. The Morgan fingerprint density at radius 1 is 1.36 bits per heavy atom. The van der Waals surface area contributed by atoms with Gasteiger partial charge >= 0.3 is 0 Å². The number of amides is 1. The van der Waals surface area contributed by atoms with Crippen LogP contribution in [0.25, 0.3) is 0 Å². The zero-order valence-electron chi connectivity index (χ0n) is 15.2. The van der Waals surface area contributed by atoms with Gasteiger partial charge in [0.15, 0.2) is 0 Å². The van der Waals surface area contributed by atoms with Crippen molar-refractivity contribution in [2.24, 2.45) is 0 Å². The van der Waals surface area contributed by atoms with Crippen LogP contribution < -0.4 is 5.32 Å². The van der Waals surface area contributed by atoms with E-state index in [0.717, 1.165) is 38.0 Å². The number of rotatable bonds is 5. The molecule has 0 bridgehead atoms. The molecule has 1 atom stereocenters. The summed E-state index contributed by atoms with van der Waals surface area (Å²) in [6.07, 6.45) is 4.64. The lowest BCUT2D eigenvalue weighted by molar-refractivity contribution is 0.0695. The molecule has 0 radical (unpaired) electrons. The molecule has 1 N–H and O–H groups in total. The number of nitrogens with zero attached hydrogens (tertiary/aromatic N) is 3. The van der Waals surface area contributed by atoms with Crippen LogP contribution in [0.2, 0.25) is 0 Å². The number of piperidine rings is 1. The quantitative estimate of drug-likeness (QED) is 0.889. The second-order valence-corrected chi connectivity index (χ2v) is 7.84. The Morgan fingerprint density at radius 2 is 2.12 bits per heavy atom. The SMILES string of the molecule is CCC(NC1CCN(C(=O)c2ccccn2)CC1)c1nc(C)c(C)s1. The summed E-state index contributed by atoms with van der Waals surface area (Å²) in [6.45, 7) is 7.96. The number of thiazole rings is 1. The largest absolute Gasteiger partial charge is 0.337 e. The first-order valence-corrected chi connectivity index (χ1v) is 9.80. The number of aromatic nitrogens is 2. The van der Waals surface area contributed by atoms with Crippen LogP contribution in [-0.2, 0) is 0 Å². The zero-order valence-corrected chi connectivity index (χ0v) is 16.0. The molecule has 1 aliphatic rings. The molecule has 3 rings (SSSR count). The highest BCUT2D eigenvalue weighted by atomic mass is 32.1. The van der Waals surface area contributed by atoms with E-state index in [2.05, 4.69) is 31.1 Å². The standard InChI is InChI=1S/C19H26N4OS/c1-4-16(18-21-13(2)14(3)25-18)22-15-8-11-23(12-9-15)19(24)17-7-5-6-10-20-17/h5-7,10,15-16,22H,4,8-9,11-12H2,1-3H3. The third kappa shape index (κ3) is 4.25. The van der Waals surface area contributed by atoms with Crippen LogP contribution >= 0.6 is 11.3 Å². The van der Waals surface area contributed by atoms with Crippen LogP contribution in [0.5, 0.6) is 0 Å². The normalized spacial score (nSPS) is 16.8. The number of nitrogens with one attached hydrogen (secondary N) is 1. The van der Waals surface area contributed by atoms with Crippen LogP contribution in [0.3, 0.4) is 0 Å². The molecule has 1 fully saturated rings. The first-order chi connectivity index (χ1) is 12.1. The van der Waals surface area contributed by atoms with E-state index in [9.17, 15) is 4.79 Å². The van der Waals surface area contributed by atoms with Crippen molar-refractivity contribution in [3.05, 3.63) is 45.7 Å². The van der Waals surface area contributed by atoms with Gasteiger partial charge in [-0.25, -0.2) is 4.98 Å². The Kier molecular flexibility index (Phi) is 5.81. The molecular formula is C19H26N4OS. The Morgan fingerprint density at radius 3 is 2.68 bits per heavy atom. The highest BCUT2D eigenvalue weighted by Crippen LogP contribution is 2.26. The van der Waals surface area contributed by atoms with Crippen molar-refractivity contribution in [1.29, 1.82) is 0 Å². The van der Waals surface area contributed by atoms with Crippen molar-refractivity contribution in [2.75, 3.05) is 13.1 Å². The van der Waals surface area contributed by atoms with Crippen molar-refractivity contribution < 1.29 is 4.79 Å². The molecule has 1 amide bonds. The summed E-state index contributed by atoms with van der Waals surface area (Å²) in [6, 6.07) is 6.22. The Bertz CT molecular complexity index is 688. The lowest BCUT2D eigenvalue weighted by Crippen LogP contribution is -2.45. The van der Waals surface area contributed by atoms with Crippen LogP contribution in [-0.4, -0.2) is 39.9 Å². The van der Waals surface area contributed by atoms with Crippen molar-refractivity contribution in [2.45, 2.75) is 52.1 Å². The van der Waals surface area contributed by atoms with Crippen molar-refractivity contribution in [3.8, 4) is 0 Å². The fourth-order valence-corrected chi connectivity index (χ4v) is 4.26. The van der Waals surface area contributed by atoms with E-state index in [0.29, 0.717) is 17.8 Å². The average molecular weight is 359 g/mol. The van der Waals surface area contributed by atoms with Gasteiger partial charge in [-0.3, -0.25) is 9.78 Å². The molecular weight excluding hydrogens is 332 g/mol. The van der Waals surface area contributed by atoms with Gasteiger partial charge in [0.25, 0.3) is 5.91 Å². The second kappa shape index (κ2) is 8.06. The van der Waals surface area contributed by atoms with Gasteiger partial charge < -0.3 is 10.2 Å². The maximum atomic E-state index is 12.5. The molecule has 1 aliphatic heterocycles. The molecule has 3 heterocycles. The third-order valence-corrected chi connectivity index (χ3v) is 6.04. The summed E-state index contributed by atoms with van der Waals surface area (Å²) in [4.78, 5) is 24.6. The molecule has 6 heteroatoms. The number of pyridine rings is 1. The van der Waals surface area contributed by atoms with E-state index in [1.165, 1.54) is 9.88 Å². The Balaban J connectivity index is 1.56. The third-order valence-electron chi connectivity index (χ3n) is 4.85. The number of aryl methyl sites for hydroxylation is 2. The van der Waals surface area contributed by atoms with Crippen molar-refractivity contribution >= 4 is 17.2 Å². The van der Waals surface area contributed by atoms with Crippen LogP contribution in [0.4, 0.5) is 0 Å². The molecule has 25 heavy (non-hydrogen) atoms. The second-order valence-electron chi connectivity index (χ2n) is 6.60. The molecule has 134 valence electrons. The average Bonchev–Trinajstić information content (AvgIpc) is 2.99. The summed E-state index contributed by atoms with van der Waals surface area (Å²) in [5, 5.41) is 4.94. The highest BCUT2D eigenvalue weighted by Gasteiger charge is 2.26. The molecule has 0 spiro atoms. The monoisotopic (exact) mass is 358 g/mol. The molecule has 1 unspecified atom stereocenters. The van der Waals surface area contributed by atoms with Crippen LogP contribution in [0.15, 0.2) is 24.4 Å². The smallest absolute Gasteiger partial charge is 0.272 e. The van der Waals surface area contributed by atoms with Crippen molar-refractivity contribution in [1.82, 2.24) is 20.2 Å². The molecule has 0 saturated carbocycles. The van der Waals surface area contributed by atoms with E-state index < -0.39 is 0 Å². The van der Waals surface area contributed by atoms with Gasteiger partial charge in [0, 0.05) is 30.2 Å². The maximum absolute atomic E-state index is 12.5. The molecule has 0 aliphatic carbocycles. The summed E-state index contributed by atoms with van der Waals surface area (Å²) in [5.41, 5.74) is 1.67. The topological polar surface area (TPSA) is 58.1 Å². The zero-order chi connectivity index (χ0) is 17.8. The van der Waals surface area contributed by atoms with Gasteiger partial charge in [0.1, 0.15) is 10.7 Å². The lowest BCUT2D eigenvalue weighted by Gasteiger charge is -2.34. The molecule has 5 nitrogen and oxygen atoms in total. The molecule has 2 aromatic heterocycles. The van der Waals surface area contributed by atoms with Crippen LogP contribution in [0, 0.1) is 13.8 Å². The minimum atomic E-state index is 0.0391. The summed E-state index contributed by atoms with van der Waals surface area (Å²) >= 11 is 1.79. The number of hydrogen-bond donors (Lipinski definition) is 1. The number of hydrogen-bond acceptors (Lipinski definition) is 5. The molecule has 1 saturated heterocycles. The van der Waals surface area contributed by atoms with E-state index >= 15 is 0 Å². The fraction of sp³-hybridized carbons (Fsp3) is 0.526. The minimum Gasteiger partial charge on any atom is -0.337 e. The fourth-order valence-electron chi connectivity index (χ4n) is 3.20. The summed E-state index contributed by atoms with van der Waals surface area (Å²) in [5.74, 6) is 0.0391. The van der Waals surface area contributed by atoms with E-state index in [4.69, 9.17) is 4.98 Å². The molecule has 2 aromatic rings. The van der Waals surface area contributed by atoms with E-state index in [1.54, 1.807) is 23.6 Å². The summed E-state index contributed by atoms with van der Waals surface area (Å²) in [7, 11) is 0. The Labute approximate surface area is 153 Å². The van der Waals surface area contributed by atoms with Gasteiger partial charge in [0.2, 0.25) is 0 Å². The van der Waals surface area contributed by atoms with Gasteiger partial charge in [0.05, 0.1) is 11.7 Å². The van der Waals surface area contributed by atoms with E-state index in [1.807, 2.05) is 17.0 Å². The minimum absolute atomic E-state index is 0.0391. The maximum Gasteiger partial charge on any atom is 0.272 e. The van der Waals surface area contributed by atoms with Gasteiger partial charge in [-0.1, -0.05) is 13.0 Å². The van der Waals surface area contributed by atoms with Gasteiger partial charge in [-0.05, 0) is 45.2 Å². The van der Waals surface area contributed by atoms with Gasteiger partial charge in [-0.15, -0.1) is 11.3 Å². The highest BCUT2D eigenvalue weighted by molar-refractivity contribution is 7.11. The molecule has 0 aromatic carbocycles. The number of likely N-dealkylation sites (tertiary alicyclic amines) is 1. The van der Waals surface area contributed by atoms with E-state index in [-0.39, 0.29) is 5.91 Å². The number of carbonyl (C=O) groups is 1. The lowest BCUT2D eigenvalue weighted by atomic mass is 10.0. The predicted octanol–water partition coefficient (Wildman–Crippen LogP) is 3.50. The van der Waals surface area contributed by atoms with Crippen LogP contribution in [0.1, 0.15) is 58.3 Å². The van der Waals surface area contributed by atoms with Gasteiger partial charge in [-0.2, -0.15) is 0 Å². The summed E-state index contributed by atoms with van der Waals surface area (Å²) < 4.78 is 0. The first kappa shape index (κ1) is 18.0. The Hall–Kier alpha value is -1.79.